The van der Waals surface area contributed by atoms with Gasteiger partial charge >= 0.3 is 0 Å². The molecule has 0 saturated carbocycles. The van der Waals surface area contributed by atoms with Crippen LogP contribution in [0.25, 0.3) is 6.08 Å². The van der Waals surface area contributed by atoms with Crippen LogP contribution in [0.15, 0.2) is 81.8 Å². The Hall–Kier alpha value is -3.93. The first-order valence-corrected chi connectivity index (χ1v) is 11.3. The van der Waals surface area contributed by atoms with Crippen molar-refractivity contribution in [2.75, 3.05) is 4.90 Å². The fourth-order valence-electron chi connectivity index (χ4n) is 3.71. The maximum atomic E-state index is 13.0. The molecule has 2 amide bonds. The van der Waals surface area contributed by atoms with Gasteiger partial charge in [-0.1, -0.05) is 63.2 Å². The minimum atomic E-state index is -0.209. The summed E-state index contributed by atoms with van der Waals surface area (Å²) in [5.41, 5.74) is 2.86. The quantitative estimate of drug-likeness (QED) is 0.517. The van der Waals surface area contributed by atoms with Gasteiger partial charge in [-0.3, -0.25) is 14.5 Å². The zero-order valence-electron chi connectivity index (χ0n) is 20.0. The number of carbonyl (C=O) groups is 2. The summed E-state index contributed by atoms with van der Waals surface area (Å²) >= 11 is 0. The van der Waals surface area contributed by atoms with E-state index in [-0.39, 0.29) is 23.7 Å². The second-order valence-corrected chi connectivity index (χ2v) is 9.39. The molecule has 1 aliphatic heterocycles. The molecule has 0 radical (unpaired) electrons. The van der Waals surface area contributed by atoms with Crippen LogP contribution in [-0.4, -0.2) is 17.6 Å². The molecular formula is C28H29N3O3. The zero-order valence-corrected chi connectivity index (χ0v) is 20.0. The number of nitrogens with zero attached hydrogens (tertiary/aromatic N) is 2. The summed E-state index contributed by atoms with van der Waals surface area (Å²) in [5.74, 6) is 1.78. The summed E-state index contributed by atoms with van der Waals surface area (Å²) in [5, 5.41) is 2.93. The third-order valence-corrected chi connectivity index (χ3v) is 5.56. The normalized spacial score (nSPS) is 15.1. The van der Waals surface area contributed by atoms with Crippen LogP contribution in [0.2, 0.25) is 0 Å². The van der Waals surface area contributed by atoms with Crippen molar-refractivity contribution >= 4 is 29.4 Å². The Morgan fingerprint density at radius 1 is 1.00 bits per heavy atom. The molecule has 174 valence electrons. The van der Waals surface area contributed by atoms with Crippen LogP contribution in [0.1, 0.15) is 50.3 Å². The highest BCUT2D eigenvalue weighted by Crippen LogP contribution is 2.28. The van der Waals surface area contributed by atoms with Crippen LogP contribution in [0.5, 0.6) is 0 Å². The number of furan rings is 1. The fraction of sp³-hybridized carbons (Fsp3) is 0.250. The van der Waals surface area contributed by atoms with E-state index in [1.54, 1.807) is 17.9 Å². The van der Waals surface area contributed by atoms with Crippen LogP contribution < -0.4 is 10.2 Å². The molecule has 0 aliphatic carbocycles. The fourth-order valence-corrected chi connectivity index (χ4v) is 3.71. The molecule has 0 atom stereocenters. The number of hydrogen-bond acceptors (Lipinski definition) is 4. The SMILES string of the molecule is CC1=N/C(=C\c2ccc(C(C)(C)C)o2)C(=O)N1c1ccc(CC(=O)NCc2ccccc2)cc1. The van der Waals surface area contributed by atoms with Crippen molar-refractivity contribution in [2.45, 2.75) is 46.1 Å². The van der Waals surface area contributed by atoms with Gasteiger partial charge in [-0.2, -0.15) is 0 Å². The second kappa shape index (κ2) is 9.51. The topological polar surface area (TPSA) is 74.9 Å². The maximum absolute atomic E-state index is 13.0. The van der Waals surface area contributed by atoms with Crippen LogP contribution in [0.4, 0.5) is 5.69 Å². The monoisotopic (exact) mass is 455 g/mol. The van der Waals surface area contributed by atoms with Gasteiger partial charge in [0.15, 0.2) is 0 Å². The van der Waals surface area contributed by atoms with Gasteiger partial charge in [-0.05, 0) is 42.3 Å². The van der Waals surface area contributed by atoms with E-state index in [1.165, 1.54) is 0 Å². The van der Waals surface area contributed by atoms with Crippen molar-refractivity contribution in [1.29, 1.82) is 0 Å². The van der Waals surface area contributed by atoms with E-state index in [1.807, 2.05) is 66.7 Å². The Bertz CT molecular complexity index is 1250. The molecule has 0 fully saturated rings. The maximum Gasteiger partial charge on any atom is 0.282 e. The molecule has 0 spiro atoms. The molecule has 1 aliphatic rings. The minimum absolute atomic E-state index is 0.0510. The molecule has 3 aromatic rings. The van der Waals surface area contributed by atoms with E-state index >= 15 is 0 Å². The highest BCUT2D eigenvalue weighted by Gasteiger charge is 2.29. The molecule has 34 heavy (non-hydrogen) atoms. The number of carbonyl (C=O) groups excluding carboxylic acids is 2. The largest absolute Gasteiger partial charge is 0.461 e. The Labute approximate surface area is 200 Å². The summed E-state index contributed by atoms with van der Waals surface area (Å²) in [6, 6.07) is 21.0. The van der Waals surface area contributed by atoms with E-state index < -0.39 is 0 Å². The molecule has 0 saturated heterocycles. The van der Waals surface area contributed by atoms with Gasteiger partial charge < -0.3 is 9.73 Å². The second-order valence-electron chi connectivity index (χ2n) is 9.39. The van der Waals surface area contributed by atoms with Gasteiger partial charge in [0.05, 0.1) is 12.1 Å². The predicted molar refractivity (Wildman–Crippen MR) is 134 cm³/mol. The average Bonchev–Trinajstić information content (AvgIpc) is 3.38. The number of hydrogen-bond donors (Lipinski definition) is 1. The summed E-state index contributed by atoms with van der Waals surface area (Å²) in [7, 11) is 0. The molecule has 1 aromatic heterocycles. The van der Waals surface area contributed by atoms with Gasteiger partial charge in [0.25, 0.3) is 5.91 Å². The Morgan fingerprint density at radius 3 is 2.35 bits per heavy atom. The average molecular weight is 456 g/mol. The first-order chi connectivity index (χ1) is 16.2. The summed E-state index contributed by atoms with van der Waals surface area (Å²) in [6.07, 6.45) is 1.94. The Balaban J connectivity index is 1.40. The lowest BCUT2D eigenvalue weighted by molar-refractivity contribution is -0.120. The molecule has 2 heterocycles. The van der Waals surface area contributed by atoms with Crippen molar-refractivity contribution in [2.24, 2.45) is 4.99 Å². The van der Waals surface area contributed by atoms with Crippen molar-refractivity contribution in [1.82, 2.24) is 5.32 Å². The molecule has 2 aromatic carbocycles. The molecule has 4 rings (SSSR count). The lowest BCUT2D eigenvalue weighted by Gasteiger charge is -2.16. The minimum Gasteiger partial charge on any atom is -0.461 e. The van der Waals surface area contributed by atoms with Crippen molar-refractivity contribution in [3.63, 3.8) is 0 Å². The number of benzene rings is 2. The first kappa shape index (κ1) is 23.2. The highest BCUT2D eigenvalue weighted by atomic mass is 16.3. The Morgan fingerprint density at radius 2 is 1.71 bits per heavy atom. The summed E-state index contributed by atoms with van der Waals surface area (Å²) < 4.78 is 5.88. The van der Waals surface area contributed by atoms with Crippen LogP contribution in [-0.2, 0) is 28.0 Å². The number of anilines is 1. The third-order valence-electron chi connectivity index (χ3n) is 5.56. The van der Waals surface area contributed by atoms with E-state index in [9.17, 15) is 9.59 Å². The smallest absolute Gasteiger partial charge is 0.282 e. The van der Waals surface area contributed by atoms with Gasteiger partial charge in [0.2, 0.25) is 5.91 Å². The first-order valence-electron chi connectivity index (χ1n) is 11.3. The predicted octanol–water partition coefficient (Wildman–Crippen LogP) is 5.24. The van der Waals surface area contributed by atoms with E-state index in [0.29, 0.717) is 29.5 Å². The van der Waals surface area contributed by atoms with Crippen molar-refractivity contribution in [3.8, 4) is 0 Å². The number of amides is 2. The third kappa shape index (κ3) is 5.34. The van der Waals surface area contributed by atoms with Crippen LogP contribution in [0.3, 0.4) is 0 Å². The van der Waals surface area contributed by atoms with Crippen LogP contribution in [0, 0.1) is 0 Å². The Kier molecular flexibility index (Phi) is 6.50. The zero-order chi connectivity index (χ0) is 24.3. The van der Waals surface area contributed by atoms with Crippen molar-refractivity contribution < 1.29 is 14.0 Å². The van der Waals surface area contributed by atoms with Crippen LogP contribution >= 0.6 is 0 Å². The summed E-state index contributed by atoms with van der Waals surface area (Å²) in [4.78, 5) is 31.4. The van der Waals surface area contributed by atoms with Crippen molar-refractivity contribution in [3.05, 3.63) is 95.1 Å². The van der Waals surface area contributed by atoms with E-state index in [2.05, 4.69) is 31.1 Å². The molecular weight excluding hydrogens is 426 g/mol. The van der Waals surface area contributed by atoms with E-state index in [0.717, 1.165) is 16.9 Å². The van der Waals surface area contributed by atoms with Gasteiger partial charge in [0.1, 0.15) is 23.1 Å². The molecule has 6 heteroatoms. The molecule has 0 unspecified atom stereocenters. The van der Waals surface area contributed by atoms with Gasteiger partial charge in [-0.25, -0.2) is 4.99 Å². The highest BCUT2D eigenvalue weighted by molar-refractivity contribution is 6.28. The summed E-state index contributed by atoms with van der Waals surface area (Å²) in [6.45, 7) is 8.52. The van der Waals surface area contributed by atoms with E-state index in [4.69, 9.17) is 4.42 Å². The standard InChI is InChI=1S/C28H29N3O3/c1-19-30-24(17-23-14-15-25(34-23)28(2,3)4)27(33)31(19)22-12-10-20(11-13-22)16-26(32)29-18-21-8-6-5-7-9-21/h5-15,17H,16,18H2,1-4H3,(H,29,32)/b24-17-. The molecule has 1 N–H and O–H groups in total. The molecule has 0 bridgehead atoms. The number of nitrogens with one attached hydrogen (secondary N) is 1. The number of rotatable bonds is 6. The lowest BCUT2D eigenvalue weighted by atomic mass is 9.94. The number of amidine groups is 1. The number of aliphatic imine (C=N–C) groups is 1. The lowest BCUT2D eigenvalue weighted by Crippen LogP contribution is -2.30. The van der Waals surface area contributed by atoms with Gasteiger partial charge in [0, 0.05) is 18.0 Å². The molecule has 6 nitrogen and oxygen atoms in total. The van der Waals surface area contributed by atoms with Gasteiger partial charge in [-0.15, -0.1) is 0 Å².